The molecule has 2 aromatic rings. The zero-order valence-electron chi connectivity index (χ0n) is 40.2. The molecule has 0 spiro atoms. The molecule has 0 saturated heterocycles. The molecule has 380 valence electrons. The fraction of sp³-hybridized carbons (Fsp3) is 0.551. The maximum atomic E-state index is 12.8. The maximum absolute atomic E-state index is 12.8. The van der Waals surface area contributed by atoms with Gasteiger partial charge in [-0.1, -0.05) is 116 Å². The van der Waals surface area contributed by atoms with Gasteiger partial charge in [0.25, 0.3) is 0 Å². The third kappa shape index (κ3) is 25.8. The minimum atomic E-state index is -2.50. The quantitative estimate of drug-likeness (QED) is 0.0402. The van der Waals surface area contributed by atoms with Crippen LogP contribution < -0.4 is 38.9 Å². The Labute approximate surface area is 396 Å². The van der Waals surface area contributed by atoms with Gasteiger partial charge in [0, 0.05) is 46.9 Å². The number of benzene rings is 2. The van der Waals surface area contributed by atoms with E-state index in [4.69, 9.17) is 28.2 Å². The fourth-order valence-electron chi connectivity index (χ4n) is 5.77. The largest absolute Gasteiger partial charge is 0.368 e. The normalized spacial score (nSPS) is 14.4. The summed E-state index contributed by atoms with van der Waals surface area (Å²) in [6.07, 6.45) is 0.236. The van der Waals surface area contributed by atoms with Crippen LogP contribution in [0.2, 0.25) is 0 Å². The molecule has 2 aromatic carbocycles. The number of nitrogens with one attached hydrogen (secondary N) is 3. The Balaban J connectivity index is 0.000000892. The molecule has 0 aromatic heterocycles. The van der Waals surface area contributed by atoms with Gasteiger partial charge in [-0.2, -0.15) is 5.26 Å². The minimum absolute atomic E-state index is 0.00342. The Kier molecular flexibility index (Phi) is 27.9. The summed E-state index contributed by atoms with van der Waals surface area (Å²) < 4.78 is 101. The van der Waals surface area contributed by atoms with E-state index in [2.05, 4.69) is 22.0 Å². The first-order valence-corrected chi connectivity index (χ1v) is 21.8. The molecule has 0 radical (unpaired) electrons. The number of rotatable bonds is 24. The number of allylic oxidation sites excluding steroid dienone is 4. The summed E-state index contributed by atoms with van der Waals surface area (Å²) in [5.41, 5.74) is 18.6. The van der Waals surface area contributed by atoms with Crippen molar-refractivity contribution in [3.05, 3.63) is 108 Å². The smallest absolute Gasteiger partial charge is 0.243 e. The lowest BCUT2D eigenvalue weighted by Gasteiger charge is -2.28. The van der Waals surface area contributed by atoms with Gasteiger partial charge in [0.1, 0.15) is 12.2 Å². The minimum Gasteiger partial charge on any atom is -0.368 e. The lowest BCUT2D eigenvalue weighted by atomic mass is 9.86. The number of alkyl halides is 8. The van der Waals surface area contributed by atoms with E-state index >= 15 is 0 Å². The van der Waals surface area contributed by atoms with Crippen LogP contribution in [0, 0.1) is 39.1 Å². The van der Waals surface area contributed by atoms with Crippen molar-refractivity contribution in [2.45, 2.75) is 144 Å². The van der Waals surface area contributed by atoms with E-state index in [0.29, 0.717) is 19.6 Å². The Bertz CT molecular complexity index is 1920. The molecule has 1 aliphatic rings. The molecular weight excluding hydrogens is 901 g/mol. The SMILES string of the molecule is CC(C)(CC(C#N)NCc1ccccc1)C(F)F.CC(C)(C[C@@H](NCc1ccccc1)C(N)=O)C(F)F.CC(C)(C[C@H](N)C(N)=O)C(F)F.CC(C)(C[C@H](NCC1=CC=C[C+]=C1)C(N)=O)C(F)F. The Hall–Kier alpha value is -5.25. The monoisotopic (exact) mass is 972 g/mol. The van der Waals surface area contributed by atoms with Gasteiger partial charge >= 0.3 is 0 Å². The molecule has 11 nitrogen and oxygen atoms in total. The highest BCUT2D eigenvalue weighted by Gasteiger charge is 2.36. The molecule has 19 heteroatoms. The fourth-order valence-corrected chi connectivity index (χ4v) is 5.77. The van der Waals surface area contributed by atoms with Gasteiger partial charge in [-0.05, 0) is 36.8 Å². The topological polar surface area (TPSA) is 215 Å². The van der Waals surface area contributed by atoms with E-state index < -0.39 is 89.3 Å². The van der Waals surface area contributed by atoms with Gasteiger partial charge < -0.3 is 28.3 Å². The van der Waals surface area contributed by atoms with Crippen molar-refractivity contribution < 1.29 is 49.5 Å². The molecule has 1 aliphatic carbocycles. The summed E-state index contributed by atoms with van der Waals surface area (Å²) in [4.78, 5) is 33.1. The molecule has 0 bridgehead atoms. The van der Waals surface area contributed by atoms with E-state index in [-0.39, 0.29) is 25.7 Å². The standard InChI is InChI=1S/C14H20F2N2O.C14H18F2N2O.C14H18F2N2.C7H14F2N2O/c2*1-14(2,13(15)16)8-11(12(17)19)18-9-10-6-4-3-5-7-10;1-14(2,13(15)16)8-12(9-17)18-10-11-6-4-3-5-7-11;1-7(2,6(8)9)3-4(10)5(11)12/h3-7,11,13,18H,8-9H2,1-2H3,(H2,17,19);3-4,6-7,11,13,18H,8-9H2,1-2H3,(H-,17,19);3-7,12-13,18H,8,10H2,1-2H3;4,6H,3,10H2,1-2H3,(H2,11,12)/p+1/t2*11-;;4-/m10.0/s1. The van der Waals surface area contributed by atoms with Gasteiger partial charge in [0.2, 0.25) is 43.4 Å². The first kappa shape index (κ1) is 62.8. The summed E-state index contributed by atoms with van der Waals surface area (Å²) in [6, 6.07) is 17.9. The van der Waals surface area contributed by atoms with Crippen molar-refractivity contribution >= 4 is 17.7 Å². The molecule has 68 heavy (non-hydrogen) atoms. The molecule has 0 aliphatic heterocycles. The number of nitrogens with zero attached hydrogens (tertiary/aromatic N) is 1. The number of hydrogen-bond acceptors (Lipinski definition) is 8. The molecular formula is C49H71F8N8O3+. The van der Waals surface area contributed by atoms with Crippen LogP contribution in [-0.4, -0.2) is 74.1 Å². The van der Waals surface area contributed by atoms with Crippen LogP contribution in [0.25, 0.3) is 0 Å². The number of carbonyl (C=O) groups is 3. The van der Waals surface area contributed by atoms with Crippen molar-refractivity contribution in [2.75, 3.05) is 6.54 Å². The highest BCUT2D eigenvalue weighted by molar-refractivity contribution is 5.80. The van der Waals surface area contributed by atoms with E-state index in [1.54, 1.807) is 12.2 Å². The van der Waals surface area contributed by atoms with Crippen LogP contribution in [0.15, 0.2) is 90.5 Å². The number of carbonyl (C=O) groups excluding carboxylic acids is 3. The second-order valence-electron chi connectivity index (χ2n) is 19.1. The van der Waals surface area contributed by atoms with E-state index in [1.165, 1.54) is 55.4 Å². The second-order valence-corrected chi connectivity index (χ2v) is 19.1. The summed E-state index contributed by atoms with van der Waals surface area (Å²) in [5, 5.41) is 17.9. The molecule has 4 atom stereocenters. The third-order valence-electron chi connectivity index (χ3n) is 10.6. The van der Waals surface area contributed by atoms with Crippen molar-refractivity contribution in [1.29, 1.82) is 5.26 Å². The van der Waals surface area contributed by atoms with Crippen LogP contribution in [0.3, 0.4) is 0 Å². The number of nitrogens with two attached hydrogens (primary N) is 4. The van der Waals surface area contributed by atoms with E-state index in [1.807, 2.05) is 78.9 Å². The highest BCUT2D eigenvalue weighted by Crippen LogP contribution is 2.32. The maximum Gasteiger partial charge on any atom is 0.243 e. The van der Waals surface area contributed by atoms with Crippen LogP contribution in [0.1, 0.15) is 92.2 Å². The van der Waals surface area contributed by atoms with Gasteiger partial charge in [0.15, 0.2) is 0 Å². The van der Waals surface area contributed by atoms with Gasteiger partial charge in [-0.3, -0.25) is 25.0 Å². The summed E-state index contributed by atoms with van der Waals surface area (Å²) in [6.45, 7) is 12.7. The molecule has 3 amide bonds. The van der Waals surface area contributed by atoms with E-state index in [9.17, 15) is 49.5 Å². The van der Waals surface area contributed by atoms with E-state index in [0.717, 1.165) is 16.7 Å². The number of amides is 3. The summed E-state index contributed by atoms with van der Waals surface area (Å²) in [7, 11) is 0. The molecule has 0 heterocycles. The molecule has 3 rings (SSSR count). The number of nitriles is 1. The van der Waals surface area contributed by atoms with Crippen molar-refractivity contribution in [1.82, 2.24) is 16.0 Å². The predicted octanol–water partition coefficient (Wildman–Crippen LogP) is 8.11. The summed E-state index contributed by atoms with van der Waals surface area (Å²) in [5.74, 6) is -1.97. The predicted molar refractivity (Wildman–Crippen MR) is 250 cm³/mol. The zero-order valence-corrected chi connectivity index (χ0v) is 40.2. The Morgan fingerprint density at radius 1 is 0.574 bits per heavy atom. The summed E-state index contributed by atoms with van der Waals surface area (Å²) >= 11 is 0. The van der Waals surface area contributed by atoms with Crippen molar-refractivity contribution in [3.8, 4) is 6.07 Å². The van der Waals surface area contributed by atoms with Crippen LogP contribution >= 0.6 is 0 Å². The number of halogens is 8. The lowest BCUT2D eigenvalue weighted by molar-refractivity contribution is -0.122. The average Bonchev–Trinajstić information content (AvgIpc) is 3.26. The van der Waals surface area contributed by atoms with Gasteiger partial charge in [-0.25, -0.2) is 35.1 Å². The molecule has 11 N–H and O–H groups in total. The molecule has 0 saturated carbocycles. The zero-order chi connectivity index (χ0) is 52.5. The van der Waals surface area contributed by atoms with Crippen LogP contribution in [0.4, 0.5) is 35.1 Å². The van der Waals surface area contributed by atoms with Crippen molar-refractivity contribution in [2.24, 2.45) is 44.6 Å². The first-order valence-electron chi connectivity index (χ1n) is 21.8. The van der Waals surface area contributed by atoms with Crippen LogP contribution in [0.5, 0.6) is 0 Å². The molecule has 0 fully saturated rings. The van der Waals surface area contributed by atoms with Crippen molar-refractivity contribution in [3.63, 3.8) is 0 Å². The number of primary amides is 3. The Morgan fingerprint density at radius 2 is 0.941 bits per heavy atom. The lowest BCUT2D eigenvalue weighted by Crippen LogP contribution is -2.46. The highest BCUT2D eigenvalue weighted by atomic mass is 19.3. The third-order valence-corrected chi connectivity index (χ3v) is 10.6. The van der Waals surface area contributed by atoms with Gasteiger partial charge in [-0.15, -0.1) is 0 Å². The van der Waals surface area contributed by atoms with Crippen LogP contribution in [-0.2, 0) is 27.5 Å². The van der Waals surface area contributed by atoms with Gasteiger partial charge in [0.05, 0.1) is 48.4 Å². The second kappa shape index (κ2) is 30.3. The average molecular weight is 972 g/mol. The number of hydrogen-bond donors (Lipinski definition) is 7. The Morgan fingerprint density at radius 3 is 1.28 bits per heavy atom. The molecule has 1 unspecified atom stereocenters. The first-order chi connectivity index (χ1) is 31.4.